The smallest absolute Gasteiger partial charge is 0.263 e. The maximum absolute atomic E-state index is 12.3. The Bertz CT molecular complexity index is 634. The Labute approximate surface area is 121 Å². The van der Waals surface area contributed by atoms with Crippen LogP contribution in [0.4, 0.5) is 5.69 Å². The van der Waals surface area contributed by atoms with Gasteiger partial charge in [0, 0.05) is 24.4 Å². The van der Waals surface area contributed by atoms with Crippen molar-refractivity contribution in [3.8, 4) is 0 Å². The largest absolute Gasteiger partial charge is 0.397 e. The maximum Gasteiger partial charge on any atom is 0.263 e. The molecule has 1 fully saturated rings. The fourth-order valence-corrected chi connectivity index (χ4v) is 3.49. The second-order valence-corrected chi connectivity index (χ2v) is 6.08. The van der Waals surface area contributed by atoms with Crippen molar-refractivity contribution in [2.75, 3.05) is 12.3 Å². The number of carbonyl (C=O) groups is 1. The van der Waals surface area contributed by atoms with Crippen LogP contribution in [0.2, 0.25) is 0 Å². The van der Waals surface area contributed by atoms with Crippen LogP contribution in [0, 0.1) is 0 Å². The quantitative estimate of drug-likeness (QED) is 0.908. The third-order valence-electron chi connectivity index (χ3n) is 3.62. The lowest BCUT2D eigenvalue weighted by molar-refractivity contribution is 0.0715. The highest BCUT2D eigenvalue weighted by atomic mass is 32.1. The summed E-state index contributed by atoms with van der Waals surface area (Å²) in [5, 5.41) is 3.87. The first-order chi connectivity index (χ1) is 9.66. The topological polar surface area (TPSA) is 77.2 Å². The van der Waals surface area contributed by atoms with Gasteiger partial charge in [0.2, 0.25) is 0 Å². The van der Waals surface area contributed by atoms with Crippen molar-refractivity contribution in [1.29, 1.82) is 0 Å². The van der Waals surface area contributed by atoms with E-state index in [1.165, 1.54) is 11.3 Å². The molecule has 1 aliphatic heterocycles. The van der Waals surface area contributed by atoms with E-state index in [4.69, 9.17) is 10.5 Å². The third-order valence-corrected chi connectivity index (χ3v) is 4.77. The van der Waals surface area contributed by atoms with Gasteiger partial charge in [-0.3, -0.25) is 9.78 Å². The van der Waals surface area contributed by atoms with Crippen molar-refractivity contribution in [3.05, 3.63) is 23.3 Å². The molecule has 3 N–H and O–H groups in total. The summed E-state index contributed by atoms with van der Waals surface area (Å²) in [5.74, 6) is -0.133. The highest BCUT2D eigenvalue weighted by Gasteiger charge is 2.25. The second kappa shape index (κ2) is 5.38. The van der Waals surface area contributed by atoms with Gasteiger partial charge in [-0.25, -0.2) is 0 Å². The molecule has 2 atom stereocenters. The molecule has 5 nitrogen and oxygen atoms in total. The number of ether oxygens (including phenoxy) is 1. The first-order valence-electron chi connectivity index (χ1n) is 6.71. The summed E-state index contributed by atoms with van der Waals surface area (Å²) in [5.41, 5.74) is 6.59. The van der Waals surface area contributed by atoms with Crippen LogP contribution in [-0.4, -0.2) is 29.6 Å². The lowest BCUT2D eigenvalue weighted by Gasteiger charge is -2.19. The number of nitrogens with two attached hydrogens (primary N) is 1. The van der Waals surface area contributed by atoms with Gasteiger partial charge in [-0.2, -0.15) is 0 Å². The third kappa shape index (κ3) is 2.36. The molecule has 1 amide bonds. The molecule has 1 aliphatic rings. The number of anilines is 1. The average molecular weight is 291 g/mol. The summed E-state index contributed by atoms with van der Waals surface area (Å²) in [7, 11) is 0. The minimum absolute atomic E-state index is 0.00672. The van der Waals surface area contributed by atoms with Crippen LogP contribution in [0.5, 0.6) is 0 Å². The van der Waals surface area contributed by atoms with Crippen LogP contribution in [-0.2, 0) is 4.74 Å². The second-order valence-electron chi connectivity index (χ2n) is 5.03. The van der Waals surface area contributed by atoms with Crippen molar-refractivity contribution in [2.45, 2.75) is 31.9 Å². The molecular formula is C14H17N3O2S. The molecule has 0 aliphatic carbocycles. The minimum atomic E-state index is -0.133. The van der Waals surface area contributed by atoms with Gasteiger partial charge in [0.25, 0.3) is 5.91 Å². The first kappa shape index (κ1) is 13.3. The summed E-state index contributed by atoms with van der Waals surface area (Å²) in [6, 6.07) is 1.83. The van der Waals surface area contributed by atoms with Crippen molar-refractivity contribution in [2.24, 2.45) is 0 Å². The van der Waals surface area contributed by atoms with Crippen LogP contribution in [0.3, 0.4) is 0 Å². The van der Waals surface area contributed by atoms with Crippen LogP contribution < -0.4 is 11.1 Å². The number of hydrogen-bond acceptors (Lipinski definition) is 5. The summed E-state index contributed by atoms with van der Waals surface area (Å²) in [6.45, 7) is 2.75. The zero-order valence-corrected chi connectivity index (χ0v) is 12.1. The monoisotopic (exact) mass is 291 g/mol. The molecular weight excluding hydrogens is 274 g/mol. The average Bonchev–Trinajstić information content (AvgIpc) is 3.07. The molecule has 3 heterocycles. The van der Waals surface area contributed by atoms with E-state index in [-0.39, 0.29) is 18.1 Å². The molecule has 1 saturated heterocycles. The van der Waals surface area contributed by atoms with E-state index in [0.29, 0.717) is 10.6 Å². The van der Waals surface area contributed by atoms with Crippen molar-refractivity contribution >= 4 is 33.0 Å². The molecule has 2 aromatic rings. The van der Waals surface area contributed by atoms with E-state index in [0.717, 1.165) is 29.5 Å². The lowest BCUT2D eigenvalue weighted by atomic mass is 10.1. The molecule has 0 saturated carbocycles. The Hall–Kier alpha value is -1.66. The summed E-state index contributed by atoms with van der Waals surface area (Å²) < 4.78 is 6.52. The molecule has 106 valence electrons. The molecule has 20 heavy (non-hydrogen) atoms. The number of aromatic nitrogens is 1. The normalized spacial score (nSPS) is 20.1. The molecule has 0 bridgehead atoms. The van der Waals surface area contributed by atoms with Crippen molar-refractivity contribution in [1.82, 2.24) is 10.3 Å². The van der Waals surface area contributed by atoms with Gasteiger partial charge in [-0.15, -0.1) is 11.3 Å². The highest BCUT2D eigenvalue weighted by Crippen LogP contribution is 2.32. The summed E-state index contributed by atoms with van der Waals surface area (Å²) >= 11 is 1.38. The van der Waals surface area contributed by atoms with Crippen LogP contribution in [0.25, 0.3) is 10.1 Å². The predicted molar refractivity (Wildman–Crippen MR) is 79.9 cm³/mol. The molecule has 2 aromatic heterocycles. The summed E-state index contributed by atoms with van der Waals surface area (Å²) in [4.78, 5) is 17.0. The minimum Gasteiger partial charge on any atom is -0.397 e. The van der Waals surface area contributed by atoms with Crippen LogP contribution in [0.15, 0.2) is 18.5 Å². The number of nitrogens with zero attached hydrogens (tertiary/aromatic N) is 1. The fraction of sp³-hybridized carbons (Fsp3) is 0.429. The molecule has 0 spiro atoms. The lowest BCUT2D eigenvalue weighted by Crippen LogP contribution is -2.40. The molecule has 6 heteroatoms. The SMILES string of the molecule is CC(NC(=O)c1sc2cnccc2c1N)C1CCCO1. The fourth-order valence-electron chi connectivity index (χ4n) is 2.50. The van der Waals surface area contributed by atoms with Gasteiger partial charge in [0.05, 0.1) is 22.5 Å². The first-order valence-corrected chi connectivity index (χ1v) is 7.53. The number of hydrogen-bond donors (Lipinski definition) is 2. The zero-order valence-electron chi connectivity index (χ0n) is 11.3. The number of pyridine rings is 1. The van der Waals surface area contributed by atoms with E-state index in [9.17, 15) is 4.79 Å². The van der Waals surface area contributed by atoms with Gasteiger partial charge in [0.1, 0.15) is 4.88 Å². The van der Waals surface area contributed by atoms with Gasteiger partial charge < -0.3 is 15.8 Å². The number of amides is 1. The van der Waals surface area contributed by atoms with Gasteiger partial charge in [-0.05, 0) is 25.8 Å². The number of thiophene rings is 1. The maximum atomic E-state index is 12.3. The van der Waals surface area contributed by atoms with E-state index < -0.39 is 0 Å². The Morgan fingerprint density at radius 2 is 2.50 bits per heavy atom. The number of rotatable bonds is 3. The zero-order chi connectivity index (χ0) is 14.1. The van der Waals surface area contributed by atoms with Crippen LogP contribution in [0.1, 0.15) is 29.4 Å². The Kier molecular flexibility index (Phi) is 3.58. The predicted octanol–water partition coefficient (Wildman–Crippen LogP) is 2.18. The number of nitrogens with one attached hydrogen (secondary N) is 1. The Morgan fingerprint density at radius 1 is 1.65 bits per heavy atom. The van der Waals surface area contributed by atoms with E-state index in [2.05, 4.69) is 10.3 Å². The van der Waals surface area contributed by atoms with E-state index in [1.807, 2.05) is 13.0 Å². The van der Waals surface area contributed by atoms with Gasteiger partial charge >= 0.3 is 0 Å². The molecule has 3 rings (SSSR count). The number of nitrogen functional groups attached to an aromatic ring is 1. The van der Waals surface area contributed by atoms with Crippen molar-refractivity contribution < 1.29 is 9.53 Å². The van der Waals surface area contributed by atoms with E-state index in [1.54, 1.807) is 12.4 Å². The van der Waals surface area contributed by atoms with Crippen LogP contribution >= 0.6 is 11.3 Å². The van der Waals surface area contributed by atoms with Crippen molar-refractivity contribution in [3.63, 3.8) is 0 Å². The highest BCUT2D eigenvalue weighted by molar-refractivity contribution is 7.21. The Balaban J connectivity index is 1.80. The van der Waals surface area contributed by atoms with Gasteiger partial charge in [-0.1, -0.05) is 0 Å². The molecule has 0 aromatic carbocycles. The van der Waals surface area contributed by atoms with Gasteiger partial charge in [0.15, 0.2) is 0 Å². The van der Waals surface area contributed by atoms with E-state index >= 15 is 0 Å². The molecule has 0 radical (unpaired) electrons. The number of fused-ring (bicyclic) bond motifs is 1. The number of carbonyl (C=O) groups excluding carboxylic acids is 1. The standard InChI is InChI=1S/C14H17N3O2S/c1-8(10-3-2-6-19-10)17-14(18)13-12(15)9-4-5-16-7-11(9)20-13/h4-5,7-8,10H,2-3,6,15H2,1H3,(H,17,18). The summed E-state index contributed by atoms with van der Waals surface area (Å²) in [6.07, 6.45) is 5.57. The Morgan fingerprint density at radius 3 is 3.20 bits per heavy atom. The molecule has 2 unspecified atom stereocenters.